The van der Waals surface area contributed by atoms with Crippen molar-refractivity contribution in [3.63, 3.8) is 0 Å². The van der Waals surface area contributed by atoms with Gasteiger partial charge in [-0.3, -0.25) is 9.59 Å². The van der Waals surface area contributed by atoms with Crippen LogP contribution in [-0.2, 0) is 4.79 Å². The van der Waals surface area contributed by atoms with Gasteiger partial charge >= 0.3 is 0 Å². The Morgan fingerprint density at radius 2 is 2.09 bits per heavy atom. The Morgan fingerprint density at radius 1 is 1.22 bits per heavy atom. The summed E-state index contributed by atoms with van der Waals surface area (Å²) in [5.74, 6) is 0.256. The molecule has 124 valence electrons. The monoisotopic (exact) mass is 332 g/mol. The van der Waals surface area contributed by atoms with Crippen molar-refractivity contribution in [2.75, 3.05) is 30.8 Å². The molecule has 0 aliphatic carbocycles. The normalized spacial score (nSPS) is 22.3. The van der Waals surface area contributed by atoms with E-state index in [9.17, 15) is 9.59 Å². The van der Waals surface area contributed by atoms with Gasteiger partial charge in [0.25, 0.3) is 5.91 Å². The second kappa shape index (κ2) is 7.39. The van der Waals surface area contributed by atoms with E-state index >= 15 is 0 Å². The summed E-state index contributed by atoms with van der Waals surface area (Å²) in [5.41, 5.74) is 1.55. The van der Waals surface area contributed by atoms with Crippen molar-refractivity contribution in [2.45, 2.75) is 37.4 Å². The molecule has 2 aliphatic heterocycles. The number of hydrogen-bond acceptors (Lipinski definition) is 3. The lowest BCUT2D eigenvalue weighted by molar-refractivity contribution is -0.117. The minimum Gasteiger partial charge on any atom is -0.338 e. The molecule has 2 amide bonds. The molecule has 0 saturated carbocycles. The zero-order chi connectivity index (χ0) is 16.2. The maximum atomic E-state index is 12.9. The Morgan fingerprint density at radius 3 is 2.83 bits per heavy atom. The summed E-state index contributed by atoms with van der Waals surface area (Å²) in [5, 5.41) is 0.532. The van der Waals surface area contributed by atoms with E-state index in [2.05, 4.69) is 6.26 Å². The highest BCUT2D eigenvalue weighted by atomic mass is 32.2. The summed E-state index contributed by atoms with van der Waals surface area (Å²) in [7, 11) is 0. The number of carbonyl (C=O) groups excluding carboxylic acids is 2. The molecule has 0 spiro atoms. The molecule has 2 fully saturated rings. The van der Waals surface area contributed by atoms with Crippen molar-refractivity contribution in [2.24, 2.45) is 0 Å². The summed E-state index contributed by atoms with van der Waals surface area (Å²) in [4.78, 5) is 28.6. The number of carbonyl (C=O) groups is 2. The predicted molar refractivity (Wildman–Crippen MR) is 95.1 cm³/mol. The number of anilines is 1. The Labute approximate surface area is 142 Å². The highest BCUT2D eigenvalue weighted by Gasteiger charge is 2.25. The summed E-state index contributed by atoms with van der Waals surface area (Å²) in [6.07, 6.45) is 7.09. The zero-order valence-corrected chi connectivity index (χ0v) is 14.5. The molecule has 2 heterocycles. The number of rotatable bonds is 3. The van der Waals surface area contributed by atoms with Gasteiger partial charge in [-0.25, -0.2) is 0 Å². The van der Waals surface area contributed by atoms with Gasteiger partial charge in [0.05, 0.1) is 0 Å². The van der Waals surface area contributed by atoms with Gasteiger partial charge in [0.15, 0.2) is 0 Å². The molecule has 1 unspecified atom stereocenters. The molecule has 2 saturated heterocycles. The first-order valence-corrected chi connectivity index (χ1v) is 9.70. The number of likely N-dealkylation sites (tertiary alicyclic amines) is 1. The largest absolute Gasteiger partial charge is 0.338 e. The van der Waals surface area contributed by atoms with Gasteiger partial charge in [0.1, 0.15) is 0 Å². The van der Waals surface area contributed by atoms with Crippen molar-refractivity contribution < 1.29 is 9.59 Å². The number of thioether (sulfide) groups is 1. The summed E-state index contributed by atoms with van der Waals surface area (Å²) in [6.45, 7) is 2.42. The molecule has 1 aromatic rings. The quantitative estimate of drug-likeness (QED) is 0.853. The highest BCUT2D eigenvalue weighted by Crippen LogP contribution is 2.25. The van der Waals surface area contributed by atoms with Gasteiger partial charge in [-0.15, -0.1) is 0 Å². The summed E-state index contributed by atoms with van der Waals surface area (Å²) in [6, 6.07) is 7.56. The fraction of sp³-hybridized carbons (Fsp3) is 0.556. The minimum absolute atomic E-state index is 0.0967. The van der Waals surface area contributed by atoms with Gasteiger partial charge < -0.3 is 9.80 Å². The average molecular weight is 332 g/mol. The van der Waals surface area contributed by atoms with Crippen LogP contribution < -0.4 is 4.90 Å². The van der Waals surface area contributed by atoms with Gasteiger partial charge in [-0.2, -0.15) is 11.8 Å². The van der Waals surface area contributed by atoms with E-state index in [0.717, 1.165) is 38.2 Å². The minimum atomic E-state index is 0.0967. The Balaban J connectivity index is 1.77. The van der Waals surface area contributed by atoms with Crippen LogP contribution in [0.2, 0.25) is 0 Å². The molecular formula is C18H24N2O2S. The fourth-order valence-electron chi connectivity index (χ4n) is 3.39. The van der Waals surface area contributed by atoms with E-state index in [0.29, 0.717) is 17.2 Å². The van der Waals surface area contributed by atoms with E-state index < -0.39 is 0 Å². The number of hydrogen-bond donors (Lipinski definition) is 0. The van der Waals surface area contributed by atoms with Crippen LogP contribution >= 0.6 is 11.8 Å². The SMILES string of the molecule is CSC1CCCCN(C(=O)c2cccc(N3CCCC3=O)c2)C1. The average Bonchev–Trinajstić information content (AvgIpc) is 2.86. The standard InChI is InChI=1S/C18H24N2O2S/c1-23-16-8-2-3-10-19(13-16)18(22)14-6-4-7-15(12-14)20-11-5-9-17(20)21/h4,6-7,12,16H,2-3,5,8-11,13H2,1H3. The number of nitrogens with zero attached hydrogens (tertiary/aromatic N) is 2. The zero-order valence-electron chi connectivity index (χ0n) is 13.7. The molecule has 1 atom stereocenters. The van der Waals surface area contributed by atoms with E-state index in [1.54, 1.807) is 4.90 Å². The van der Waals surface area contributed by atoms with Gasteiger partial charge in [-0.05, 0) is 43.7 Å². The summed E-state index contributed by atoms with van der Waals surface area (Å²) >= 11 is 1.85. The van der Waals surface area contributed by atoms with Crippen molar-refractivity contribution in [3.8, 4) is 0 Å². The molecule has 0 radical (unpaired) electrons. The van der Waals surface area contributed by atoms with Crippen LogP contribution in [0, 0.1) is 0 Å². The van der Waals surface area contributed by atoms with Crippen LogP contribution in [0.3, 0.4) is 0 Å². The third-order valence-electron chi connectivity index (χ3n) is 4.73. The van der Waals surface area contributed by atoms with Gasteiger partial charge in [0, 0.05) is 42.6 Å². The van der Waals surface area contributed by atoms with Crippen molar-refractivity contribution in [1.82, 2.24) is 4.90 Å². The molecule has 3 rings (SSSR count). The molecule has 0 bridgehead atoms. The lowest BCUT2D eigenvalue weighted by Crippen LogP contribution is -2.35. The maximum Gasteiger partial charge on any atom is 0.253 e. The molecule has 23 heavy (non-hydrogen) atoms. The maximum absolute atomic E-state index is 12.9. The first kappa shape index (κ1) is 16.4. The second-order valence-electron chi connectivity index (χ2n) is 6.30. The molecule has 5 heteroatoms. The molecule has 0 N–H and O–H groups in total. The Kier molecular flexibility index (Phi) is 5.26. The molecular weight excluding hydrogens is 308 g/mol. The van der Waals surface area contributed by atoms with Gasteiger partial charge in [0.2, 0.25) is 5.91 Å². The van der Waals surface area contributed by atoms with E-state index in [-0.39, 0.29) is 11.8 Å². The van der Waals surface area contributed by atoms with Crippen LogP contribution in [0.4, 0.5) is 5.69 Å². The van der Waals surface area contributed by atoms with E-state index in [1.165, 1.54) is 12.8 Å². The van der Waals surface area contributed by atoms with Crippen LogP contribution in [0.5, 0.6) is 0 Å². The molecule has 0 aromatic heterocycles. The first-order valence-electron chi connectivity index (χ1n) is 8.41. The third-order valence-corrected chi connectivity index (χ3v) is 5.78. The van der Waals surface area contributed by atoms with Crippen LogP contribution in [-0.4, -0.2) is 47.9 Å². The topological polar surface area (TPSA) is 40.6 Å². The van der Waals surface area contributed by atoms with Crippen molar-refractivity contribution in [3.05, 3.63) is 29.8 Å². The molecule has 1 aromatic carbocycles. The second-order valence-corrected chi connectivity index (χ2v) is 7.44. The van der Waals surface area contributed by atoms with E-state index in [1.807, 2.05) is 40.9 Å². The Bertz CT molecular complexity index is 590. The lowest BCUT2D eigenvalue weighted by atomic mass is 10.1. The van der Waals surface area contributed by atoms with Crippen LogP contribution in [0.25, 0.3) is 0 Å². The van der Waals surface area contributed by atoms with Crippen molar-refractivity contribution in [1.29, 1.82) is 0 Å². The lowest BCUT2D eigenvalue weighted by Gasteiger charge is -2.24. The predicted octanol–water partition coefficient (Wildman–Crippen LogP) is 3.17. The summed E-state index contributed by atoms with van der Waals surface area (Å²) < 4.78 is 0. The third kappa shape index (κ3) is 3.71. The smallest absolute Gasteiger partial charge is 0.253 e. The number of benzene rings is 1. The van der Waals surface area contributed by atoms with Crippen LogP contribution in [0.1, 0.15) is 42.5 Å². The molecule has 2 aliphatic rings. The fourth-order valence-corrected chi connectivity index (χ4v) is 4.12. The van der Waals surface area contributed by atoms with E-state index in [4.69, 9.17) is 0 Å². The highest BCUT2D eigenvalue weighted by molar-refractivity contribution is 7.99. The van der Waals surface area contributed by atoms with Crippen molar-refractivity contribution >= 4 is 29.3 Å². The molecule has 4 nitrogen and oxygen atoms in total. The Hall–Kier alpha value is -1.49. The van der Waals surface area contributed by atoms with Gasteiger partial charge in [-0.1, -0.05) is 12.5 Å². The first-order chi connectivity index (χ1) is 11.2. The van der Waals surface area contributed by atoms with Crippen LogP contribution in [0.15, 0.2) is 24.3 Å². The number of amides is 2.